The molecule has 0 spiro atoms. The normalized spacial score (nSPS) is 23.2. The quantitative estimate of drug-likeness (QED) is 0.595. The maximum absolute atomic E-state index is 12.8. The predicted octanol–water partition coefficient (Wildman–Crippen LogP) is 0.492. The lowest BCUT2D eigenvalue weighted by atomic mass is 10.1. The number of benzene rings is 1. The molecule has 3 rings (SSSR count). The van der Waals surface area contributed by atoms with E-state index in [9.17, 15) is 23.6 Å². The van der Waals surface area contributed by atoms with Crippen LogP contribution in [0, 0.1) is 10.1 Å². The Hall–Kier alpha value is -1.75. The van der Waals surface area contributed by atoms with Crippen LogP contribution < -0.4 is 4.90 Å². The lowest BCUT2D eigenvalue weighted by molar-refractivity contribution is -0.384. The number of β-amino-alcohol motifs (C(OH)–C–C–N with tert-alkyl or cyclic N) is 1. The molecule has 2 heterocycles. The van der Waals surface area contributed by atoms with Crippen molar-refractivity contribution in [2.45, 2.75) is 23.8 Å². The lowest BCUT2D eigenvalue weighted by Crippen LogP contribution is -2.47. The van der Waals surface area contributed by atoms with Gasteiger partial charge in [-0.25, -0.2) is 8.42 Å². The third-order valence-corrected chi connectivity index (χ3v) is 6.88. The topological polar surface area (TPSA) is 107 Å². The van der Waals surface area contributed by atoms with Gasteiger partial charge in [-0.05, 0) is 32.0 Å². The summed E-state index contributed by atoms with van der Waals surface area (Å²) in [6.45, 7) is 2.91. The van der Waals surface area contributed by atoms with E-state index in [2.05, 4.69) is 0 Å². The Labute approximate surface area is 153 Å². The van der Waals surface area contributed by atoms with Crippen LogP contribution in [-0.4, -0.2) is 80.1 Å². The first-order valence-electron chi connectivity index (χ1n) is 8.69. The zero-order valence-corrected chi connectivity index (χ0v) is 15.6. The minimum atomic E-state index is -3.77. The van der Waals surface area contributed by atoms with Crippen LogP contribution in [0.1, 0.15) is 12.8 Å². The molecule has 2 aliphatic rings. The number of anilines is 1. The van der Waals surface area contributed by atoms with Crippen LogP contribution in [0.15, 0.2) is 23.1 Å². The molecule has 0 aromatic heterocycles. The van der Waals surface area contributed by atoms with Crippen molar-refractivity contribution in [1.29, 1.82) is 0 Å². The number of nitro benzene ring substituents is 1. The van der Waals surface area contributed by atoms with Crippen LogP contribution in [0.3, 0.4) is 0 Å². The van der Waals surface area contributed by atoms with Gasteiger partial charge in [-0.1, -0.05) is 0 Å². The summed E-state index contributed by atoms with van der Waals surface area (Å²) in [7, 11) is -1.84. The monoisotopic (exact) mass is 384 g/mol. The van der Waals surface area contributed by atoms with Crippen molar-refractivity contribution in [2.75, 3.05) is 51.2 Å². The summed E-state index contributed by atoms with van der Waals surface area (Å²) in [4.78, 5) is 14.7. The average molecular weight is 384 g/mol. The molecule has 26 heavy (non-hydrogen) atoms. The highest BCUT2D eigenvalue weighted by Crippen LogP contribution is 2.33. The Morgan fingerprint density at radius 3 is 2.50 bits per heavy atom. The average Bonchev–Trinajstić information content (AvgIpc) is 2.61. The van der Waals surface area contributed by atoms with Gasteiger partial charge < -0.3 is 14.9 Å². The van der Waals surface area contributed by atoms with Gasteiger partial charge in [0.05, 0.1) is 15.9 Å². The smallest absolute Gasteiger partial charge is 0.293 e. The van der Waals surface area contributed by atoms with Crippen LogP contribution >= 0.6 is 0 Å². The fraction of sp³-hybridized carbons (Fsp3) is 0.625. The number of nitrogens with zero attached hydrogens (tertiary/aromatic N) is 4. The molecule has 2 saturated heterocycles. The summed E-state index contributed by atoms with van der Waals surface area (Å²) in [5.74, 6) is 0. The van der Waals surface area contributed by atoms with Gasteiger partial charge in [-0.3, -0.25) is 10.1 Å². The van der Waals surface area contributed by atoms with E-state index >= 15 is 0 Å². The third kappa shape index (κ3) is 3.83. The maximum Gasteiger partial charge on any atom is 0.293 e. The van der Waals surface area contributed by atoms with Gasteiger partial charge in [0.1, 0.15) is 5.69 Å². The van der Waals surface area contributed by atoms with Gasteiger partial charge in [0.25, 0.3) is 5.69 Å². The number of piperidine rings is 1. The number of aliphatic hydroxyl groups excluding tert-OH is 1. The summed E-state index contributed by atoms with van der Waals surface area (Å²) < 4.78 is 27.1. The van der Waals surface area contributed by atoms with E-state index in [1.54, 1.807) is 4.90 Å². The molecule has 10 heteroatoms. The Balaban J connectivity index is 1.92. The van der Waals surface area contributed by atoms with Crippen molar-refractivity contribution in [1.82, 2.24) is 9.21 Å². The van der Waals surface area contributed by atoms with Crippen LogP contribution in [0.5, 0.6) is 0 Å². The molecular weight excluding hydrogens is 360 g/mol. The molecule has 1 atom stereocenters. The van der Waals surface area contributed by atoms with E-state index in [4.69, 9.17) is 0 Å². The van der Waals surface area contributed by atoms with Gasteiger partial charge in [0, 0.05) is 45.3 Å². The molecule has 0 amide bonds. The van der Waals surface area contributed by atoms with Crippen LogP contribution in [0.2, 0.25) is 0 Å². The fourth-order valence-electron chi connectivity index (χ4n) is 3.43. The SMILES string of the molecule is CN1CCN(S(=O)(=O)c2ccc(N3CCCC(O)C3)c([N+](=O)[O-])c2)CC1. The summed E-state index contributed by atoms with van der Waals surface area (Å²) in [5, 5.41) is 21.4. The van der Waals surface area contributed by atoms with Crippen molar-refractivity contribution in [3.8, 4) is 0 Å². The highest BCUT2D eigenvalue weighted by atomic mass is 32.2. The highest BCUT2D eigenvalue weighted by molar-refractivity contribution is 7.89. The Bertz CT molecular complexity index is 777. The van der Waals surface area contributed by atoms with Crippen molar-refractivity contribution in [3.63, 3.8) is 0 Å². The number of likely N-dealkylation sites (N-methyl/N-ethyl adjacent to an activating group) is 1. The predicted molar refractivity (Wildman–Crippen MR) is 96.8 cm³/mol. The molecule has 9 nitrogen and oxygen atoms in total. The number of aliphatic hydroxyl groups is 1. The largest absolute Gasteiger partial charge is 0.391 e. The fourth-order valence-corrected chi connectivity index (χ4v) is 4.87. The third-order valence-electron chi connectivity index (χ3n) is 4.98. The van der Waals surface area contributed by atoms with Crippen molar-refractivity contribution < 1.29 is 18.4 Å². The van der Waals surface area contributed by atoms with Gasteiger partial charge in [-0.15, -0.1) is 0 Å². The number of hydrogen-bond acceptors (Lipinski definition) is 7. The molecule has 0 bridgehead atoms. The summed E-state index contributed by atoms with van der Waals surface area (Å²) in [6.07, 6.45) is 0.872. The number of nitro groups is 1. The Morgan fingerprint density at radius 2 is 1.88 bits per heavy atom. The molecule has 2 fully saturated rings. The number of hydrogen-bond donors (Lipinski definition) is 1. The molecule has 0 aliphatic carbocycles. The molecule has 144 valence electrons. The second-order valence-electron chi connectivity index (χ2n) is 6.86. The first-order valence-corrected chi connectivity index (χ1v) is 10.1. The van der Waals surface area contributed by atoms with Crippen LogP contribution in [-0.2, 0) is 10.0 Å². The van der Waals surface area contributed by atoms with Gasteiger partial charge in [0.15, 0.2) is 0 Å². The Morgan fingerprint density at radius 1 is 1.19 bits per heavy atom. The first kappa shape index (κ1) is 19.0. The summed E-state index contributed by atoms with van der Waals surface area (Å²) in [5.41, 5.74) is 0.111. The van der Waals surface area contributed by atoms with E-state index in [0.29, 0.717) is 51.4 Å². The first-order chi connectivity index (χ1) is 12.3. The van der Waals surface area contributed by atoms with Crippen LogP contribution in [0.25, 0.3) is 0 Å². The Kier molecular flexibility index (Phi) is 5.47. The minimum Gasteiger partial charge on any atom is -0.391 e. The van der Waals surface area contributed by atoms with Gasteiger partial charge in [0.2, 0.25) is 10.0 Å². The standard InChI is InChI=1S/C16H24N4O5S/c1-17-7-9-19(10-8-17)26(24,25)14-4-5-15(16(11-14)20(22)23)18-6-2-3-13(21)12-18/h4-5,11,13,21H,2-3,6-10,12H2,1H3. The lowest BCUT2D eigenvalue weighted by Gasteiger charge is -2.32. The summed E-state index contributed by atoms with van der Waals surface area (Å²) >= 11 is 0. The zero-order chi connectivity index (χ0) is 18.9. The van der Waals surface area contributed by atoms with E-state index in [1.165, 1.54) is 16.4 Å². The van der Waals surface area contributed by atoms with Crippen molar-refractivity contribution >= 4 is 21.4 Å². The molecule has 1 N–H and O–H groups in total. The number of piperazine rings is 1. The number of sulfonamides is 1. The molecular formula is C16H24N4O5S. The summed E-state index contributed by atoms with van der Waals surface area (Å²) in [6, 6.07) is 4.06. The van der Waals surface area contributed by atoms with E-state index in [0.717, 1.165) is 12.5 Å². The van der Waals surface area contributed by atoms with Crippen molar-refractivity contribution in [3.05, 3.63) is 28.3 Å². The second kappa shape index (κ2) is 7.47. The number of rotatable bonds is 4. The highest BCUT2D eigenvalue weighted by Gasteiger charge is 2.31. The van der Waals surface area contributed by atoms with E-state index in [1.807, 2.05) is 11.9 Å². The molecule has 1 aromatic carbocycles. The second-order valence-corrected chi connectivity index (χ2v) is 8.79. The zero-order valence-electron chi connectivity index (χ0n) is 14.7. The molecule has 1 unspecified atom stereocenters. The molecule has 2 aliphatic heterocycles. The molecule has 0 radical (unpaired) electrons. The van der Waals surface area contributed by atoms with Gasteiger partial charge >= 0.3 is 0 Å². The molecule has 0 saturated carbocycles. The minimum absolute atomic E-state index is 0.0601. The van der Waals surface area contributed by atoms with Crippen molar-refractivity contribution in [2.24, 2.45) is 0 Å². The van der Waals surface area contributed by atoms with Gasteiger partial charge in [-0.2, -0.15) is 4.31 Å². The van der Waals surface area contributed by atoms with E-state index < -0.39 is 21.1 Å². The maximum atomic E-state index is 12.8. The molecule has 1 aromatic rings. The van der Waals surface area contributed by atoms with Crippen LogP contribution in [0.4, 0.5) is 11.4 Å². The van der Waals surface area contributed by atoms with E-state index in [-0.39, 0.29) is 10.6 Å².